The molecule has 1 aromatic heterocycles. The number of carbonyl (C=O) groups excluding carboxylic acids is 1. The zero-order valence-electron chi connectivity index (χ0n) is 24.6. The summed E-state index contributed by atoms with van der Waals surface area (Å²) in [4.78, 5) is 25.0. The van der Waals surface area contributed by atoms with Crippen LogP contribution in [0.1, 0.15) is 48.9 Å². The van der Waals surface area contributed by atoms with Gasteiger partial charge >= 0.3 is 35.5 Å². The Balaban J connectivity index is 0.00000576. The van der Waals surface area contributed by atoms with Gasteiger partial charge in [0.05, 0.1) is 23.5 Å². The molecule has 46 heavy (non-hydrogen) atoms. The average molecular weight is 660 g/mol. The van der Waals surface area contributed by atoms with Crippen molar-refractivity contribution in [2.24, 2.45) is 5.14 Å². The molecule has 0 bridgehead atoms. The number of carboxylic acid groups (broad SMARTS) is 1. The van der Waals surface area contributed by atoms with Crippen molar-refractivity contribution in [1.82, 2.24) is 4.57 Å². The number of nitrogens with zero attached hydrogens (tertiary/aromatic N) is 1. The number of rotatable bonds is 12. The maximum atomic E-state index is 14.2. The molecule has 4 aromatic rings. The topological polar surface area (TPSA) is 172 Å². The number of aromatic nitrogens is 1. The molecule has 238 valence electrons. The van der Waals surface area contributed by atoms with Crippen LogP contribution in [0.4, 0.5) is 10.1 Å². The normalized spacial score (nSPS) is 12.9. The van der Waals surface area contributed by atoms with Crippen molar-refractivity contribution in [1.29, 1.82) is 0 Å². The maximum absolute atomic E-state index is 14.2. The molecule has 0 unspecified atom stereocenters. The van der Waals surface area contributed by atoms with Gasteiger partial charge in [0.2, 0.25) is 10.0 Å². The second kappa shape index (κ2) is 15.8. The summed E-state index contributed by atoms with van der Waals surface area (Å²) in [5.41, 5.74) is 3.40. The van der Waals surface area contributed by atoms with Crippen LogP contribution >= 0.6 is 0 Å². The van der Waals surface area contributed by atoms with Crippen LogP contribution in [-0.2, 0) is 14.8 Å². The average Bonchev–Trinajstić information content (AvgIpc) is 3.32. The van der Waals surface area contributed by atoms with Crippen molar-refractivity contribution in [3.63, 3.8) is 0 Å². The molecule has 0 saturated carbocycles. The Labute approximate surface area is 288 Å². The summed E-state index contributed by atoms with van der Waals surface area (Å²) in [7, 11) is -3.94. The van der Waals surface area contributed by atoms with Crippen molar-refractivity contribution in [2.45, 2.75) is 49.8 Å². The van der Waals surface area contributed by atoms with Crippen LogP contribution in [0.25, 0.3) is 28.3 Å². The number of sulfonamides is 1. The van der Waals surface area contributed by atoms with Gasteiger partial charge in [0.25, 0.3) is 5.91 Å². The molecular weight excluding hydrogens is 624 g/mol. The molecule has 1 heterocycles. The van der Waals surface area contributed by atoms with E-state index in [2.05, 4.69) is 5.32 Å². The van der Waals surface area contributed by atoms with E-state index in [1.807, 2.05) is 44.2 Å². The van der Waals surface area contributed by atoms with Gasteiger partial charge in [0, 0.05) is 35.0 Å². The molecule has 0 aliphatic heterocycles. The van der Waals surface area contributed by atoms with Gasteiger partial charge in [-0.3, -0.25) is 9.59 Å². The Morgan fingerprint density at radius 3 is 2.07 bits per heavy atom. The summed E-state index contributed by atoms with van der Waals surface area (Å²) in [5, 5.41) is 37.7. The quantitative estimate of drug-likeness (QED) is 0.140. The molecule has 4 rings (SSSR count). The molecule has 6 N–H and O–H groups in total. The number of hydrogen-bond acceptors (Lipinski definition) is 6. The van der Waals surface area contributed by atoms with E-state index in [0.29, 0.717) is 33.6 Å². The third kappa shape index (κ3) is 9.01. The number of hydrogen-bond donors (Lipinski definition) is 5. The van der Waals surface area contributed by atoms with E-state index in [4.69, 9.17) is 10.2 Å². The molecular formula is C33H35FN3NaO7S. The predicted octanol–water partition coefficient (Wildman–Crippen LogP) is 4.39. The standard InChI is InChI=1S/C33H34FN3O7S.Na.H/c1-20(2)37-28(17-14-25(38)18-26(39)19-29(40)41)30(22-8-10-23(34)11-9-22)31(21-6-4-3-5-7-21)32(37)33(42)36-24-12-15-27(16-13-24)45(35,43)44;;/h3-17,20,25-26,38-39H,18-19H2,1-2H3,(H,36,42)(H,40,41)(H2,35,43,44);;/b17-14+;;/t25-,26-;;/m1../s1. The fourth-order valence-corrected chi connectivity index (χ4v) is 5.60. The molecule has 0 fully saturated rings. The van der Waals surface area contributed by atoms with Gasteiger partial charge in [-0.25, -0.2) is 17.9 Å². The van der Waals surface area contributed by atoms with E-state index in [1.165, 1.54) is 42.5 Å². The van der Waals surface area contributed by atoms with E-state index in [0.717, 1.165) is 0 Å². The van der Waals surface area contributed by atoms with E-state index in [-0.39, 0.29) is 52.6 Å². The molecule has 0 spiro atoms. The van der Waals surface area contributed by atoms with E-state index < -0.39 is 46.3 Å². The van der Waals surface area contributed by atoms with Gasteiger partial charge in [0.1, 0.15) is 11.5 Å². The molecule has 0 saturated heterocycles. The molecule has 0 aliphatic carbocycles. The van der Waals surface area contributed by atoms with Crippen LogP contribution in [-0.4, -0.2) is 81.9 Å². The number of carboxylic acids is 1. The van der Waals surface area contributed by atoms with Crippen molar-refractivity contribution in [2.75, 3.05) is 5.32 Å². The number of benzene rings is 3. The van der Waals surface area contributed by atoms with E-state index >= 15 is 0 Å². The van der Waals surface area contributed by atoms with Crippen molar-refractivity contribution in [3.8, 4) is 22.3 Å². The minimum absolute atomic E-state index is 0. The number of anilines is 1. The summed E-state index contributed by atoms with van der Waals surface area (Å²) in [6.07, 6.45) is -0.252. The number of nitrogens with two attached hydrogens (primary N) is 1. The zero-order valence-corrected chi connectivity index (χ0v) is 25.4. The Hall–Kier alpha value is -3.62. The summed E-state index contributed by atoms with van der Waals surface area (Å²) < 4.78 is 39.3. The summed E-state index contributed by atoms with van der Waals surface area (Å²) >= 11 is 0. The van der Waals surface area contributed by atoms with Crippen LogP contribution in [0.3, 0.4) is 0 Å². The first-order valence-electron chi connectivity index (χ1n) is 14.1. The molecule has 10 nitrogen and oxygen atoms in total. The van der Waals surface area contributed by atoms with Gasteiger partial charge in [0.15, 0.2) is 0 Å². The number of nitrogens with one attached hydrogen (secondary N) is 1. The van der Waals surface area contributed by atoms with Crippen molar-refractivity contribution in [3.05, 3.63) is 102 Å². The number of carbonyl (C=O) groups is 2. The molecule has 0 radical (unpaired) electrons. The van der Waals surface area contributed by atoms with Crippen molar-refractivity contribution < 1.29 is 37.7 Å². The van der Waals surface area contributed by atoms with Crippen LogP contribution in [0.2, 0.25) is 0 Å². The number of halogens is 1. The second-order valence-corrected chi connectivity index (χ2v) is 12.3. The minimum atomic E-state index is -3.94. The fourth-order valence-electron chi connectivity index (χ4n) is 5.09. The summed E-state index contributed by atoms with van der Waals surface area (Å²) in [5.74, 6) is -2.18. The van der Waals surface area contributed by atoms with Gasteiger partial charge in [-0.05, 0) is 67.4 Å². The molecule has 1 amide bonds. The number of aliphatic carboxylic acids is 1. The summed E-state index contributed by atoms with van der Waals surface area (Å²) in [6, 6.07) is 20.0. The molecule has 13 heteroatoms. The summed E-state index contributed by atoms with van der Waals surface area (Å²) in [6.45, 7) is 3.73. The van der Waals surface area contributed by atoms with Crippen LogP contribution in [0.5, 0.6) is 0 Å². The zero-order chi connectivity index (χ0) is 32.9. The van der Waals surface area contributed by atoms with Gasteiger partial charge in [-0.1, -0.05) is 48.5 Å². The number of aliphatic hydroxyl groups excluding tert-OH is 2. The second-order valence-electron chi connectivity index (χ2n) is 10.8. The van der Waals surface area contributed by atoms with E-state index in [1.54, 1.807) is 22.8 Å². The Morgan fingerprint density at radius 2 is 1.52 bits per heavy atom. The first-order valence-corrected chi connectivity index (χ1v) is 15.6. The SMILES string of the molecule is CC(C)n1c(/C=C/[C@@H](O)C[C@@H](O)CC(=O)O)c(-c2ccc(F)cc2)c(-c2ccccc2)c1C(=O)Nc1ccc(S(N)(=O)=O)cc1.[NaH]. The first kappa shape index (κ1) is 36.8. The third-order valence-electron chi connectivity index (χ3n) is 7.01. The first-order chi connectivity index (χ1) is 21.3. The van der Waals surface area contributed by atoms with Gasteiger partial charge in [-0.2, -0.15) is 0 Å². The Bertz CT molecular complexity index is 1810. The fraction of sp³-hybridized carbons (Fsp3) is 0.212. The van der Waals surface area contributed by atoms with Crippen molar-refractivity contribution >= 4 is 63.2 Å². The van der Waals surface area contributed by atoms with Crippen LogP contribution < -0.4 is 10.5 Å². The number of amides is 1. The monoisotopic (exact) mass is 659 g/mol. The third-order valence-corrected chi connectivity index (χ3v) is 7.94. The number of primary sulfonamides is 1. The molecule has 3 aromatic carbocycles. The number of aliphatic hydroxyl groups is 2. The Morgan fingerprint density at radius 1 is 0.935 bits per heavy atom. The Kier molecular flexibility index (Phi) is 12.6. The molecule has 2 atom stereocenters. The van der Waals surface area contributed by atoms with Crippen LogP contribution in [0, 0.1) is 5.82 Å². The van der Waals surface area contributed by atoms with Gasteiger partial charge < -0.3 is 25.2 Å². The predicted molar refractivity (Wildman–Crippen MR) is 176 cm³/mol. The van der Waals surface area contributed by atoms with E-state index in [9.17, 15) is 32.6 Å². The van der Waals surface area contributed by atoms with Crippen LogP contribution in [0.15, 0.2) is 89.8 Å². The molecule has 0 aliphatic rings. The van der Waals surface area contributed by atoms with Gasteiger partial charge in [-0.15, -0.1) is 0 Å².